The van der Waals surface area contributed by atoms with Gasteiger partial charge in [-0.05, 0) is 90.3 Å². The summed E-state index contributed by atoms with van der Waals surface area (Å²) in [4.78, 5) is 24.2. The number of ether oxygens (including phenoxy) is 2. The van der Waals surface area contributed by atoms with Gasteiger partial charge in [0.05, 0.1) is 25.0 Å². The van der Waals surface area contributed by atoms with Gasteiger partial charge >= 0.3 is 11.9 Å². The molecule has 0 heterocycles. The van der Waals surface area contributed by atoms with Gasteiger partial charge in [0.1, 0.15) is 0 Å². The molecule has 0 rings (SSSR count). The second-order valence-electron chi connectivity index (χ2n) is 11.6. The maximum Gasteiger partial charge on any atom is 0.309 e. The van der Waals surface area contributed by atoms with Gasteiger partial charge in [0, 0.05) is 18.6 Å². The minimum Gasteiger partial charge on any atom is -0.465 e. The monoisotopic (exact) mass is 552 g/mol. The van der Waals surface area contributed by atoms with Crippen LogP contribution < -0.4 is 10.6 Å². The maximum atomic E-state index is 12.4. The summed E-state index contributed by atoms with van der Waals surface area (Å²) in [6.45, 7) is 20.4. The van der Waals surface area contributed by atoms with Gasteiger partial charge in [-0.25, -0.2) is 0 Å². The second-order valence-corrected chi connectivity index (χ2v) is 20.4. The molecule has 0 spiro atoms. The lowest BCUT2D eigenvalue weighted by atomic mass is 10.1. The Bertz CT molecular complexity index is 727. The van der Waals surface area contributed by atoms with E-state index in [1.165, 1.54) is 0 Å². The first-order chi connectivity index (χ1) is 17.2. The predicted octanol–water partition coefficient (Wildman–Crippen LogP) is 4.79. The molecule has 4 unspecified atom stereocenters. The number of rotatable bonds is 20. The van der Waals surface area contributed by atoms with Crippen LogP contribution in [0.4, 0.5) is 0 Å². The Morgan fingerprint density at radius 2 is 1.32 bits per heavy atom. The molecule has 0 aromatic rings. The zero-order valence-corrected chi connectivity index (χ0v) is 27.0. The molecule has 0 saturated carbocycles. The van der Waals surface area contributed by atoms with Crippen molar-refractivity contribution >= 4 is 36.4 Å². The van der Waals surface area contributed by atoms with Crippen molar-refractivity contribution in [3.63, 3.8) is 0 Å². The van der Waals surface area contributed by atoms with E-state index < -0.39 is 16.6 Å². The number of carbonyl (C=O) groups is 2. The lowest BCUT2D eigenvalue weighted by Gasteiger charge is -2.34. The lowest BCUT2D eigenvalue weighted by molar-refractivity contribution is -0.148. The van der Waals surface area contributed by atoms with Gasteiger partial charge in [-0.15, -0.1) is 5.82 Å². The molecular formula is C27H53BN2O5Si2. The zero-order chi connectivity index (χ0) is 28.5. The average molecular weight is 553 g/mol. The van der Waals surface area contributed by atoms with Crippen molar-refractivity contribution in [3.05, 3.63) is 0 Å². The normalized spacial score (nSPS) is 15.1. The molecule has 0 aliphatic carbocycles. The quantitative estimate of drug-likeness (QED) is 0.0739. The van der Waals surface area contributed by atoms with Crippen molar-refractivity contribution < 1.29 is 23.2 Å². The molecule has 0 aromatic carbocycles. The smallest absolute Gasteiger partial charge is 0.309 e. The van der Waals surface area contributed by atoms with Crippen molar-refractivity contribution in [2.75, 3.05) is 19.8 Å². The Labute approximate surface area is 230 Å². The highest BCUT2D eigenvalue weighted by Gasteiger charge is 2.32. The van der Waals surface area contributed by atoms with Gasteiger partial charge in [0.2, 0.25) is 0 Å². The van der Waals surface area contributed by atoms with E-state index in [-0.39, 0.29) is 29.8 Å². The standard InChI is InChI=1S/C27H53BN2O5Si2/c1-10-22(2)26(31)33-17-11-19-36(6,7)35-37(8,9)20-12-18-34-27(32)23(3)21-30-25(5)14-13-24(4)29-16-15-28/h22-25,29-30H,10-14,17-21H2,1-9H3. The summed E-state index contributed by atoms with van der Waals surface area (Å²) in [6, 6.07) is 5.16. The number of carbonyl (C=O) groups excluding carboxylic acids is 2. The largest absolute Gasteiger partial charge is 0.465 e. The highest BCUT2D eigenvalue weighted by atomic mass is 28.4. The SMILES string of the molecule is [B]C#CNC(C)CCC(C)NCC(C)C(=O)OCCC[Si](C)(C)O[Si](C)(C)CCCOC(=O)C(C)CC. The molecule has 37 heavy (non-hydrogen) atoms. The fraction of sp³-hybridized carbons (Fsp3) is 0.852. The molecule has 0 fully saturated rings. The number of esters is 2. The molecule has 212 valence electrons. The van der Waals surface area contributed by atoms with Gasteiger partial charge in [-0.3, -0.25) is 9.59 Å². The van der Waals surface area contributed by atoms with Crippen molar-refractivity contribution in [2.45, 2.75) is 117 Å². The van der Waals surface area contributed by atoms with E-state index in [1.54, 1.807) is 0 Å². The van der Waals surface area contributed by atoms with E-state index >= 15 is 0 Å². The molecule has 10 heteroatoms. The molecule has 2 radical (unpaired) electrons. The van der Waals surface area contributed by atoms with E-state index in [1.807, 2.05) is 20.8 Å². The maximum absolute atomic E-state index is 12.4. The fourth-order valence-electron chi connectivity index (χ4n) is 3.94. The Kier molecular flexibility index (Phi) is 18.2. The summed E-state index contributed by atoms with van der Waals surface area (Å²) in [7, 11) is 1.45. The van der Waals surface area contributed by atoms with Gasteiger partial charge in [-0.2, -0.15) is 0 Å². The number of hydrogen-bond acceptors (Lipinski definition) is 7. The molecule has 0 bridgehead atoms. The predicted molar refractivity (Wildman–Crippen MR) is 158 cm³/mol. The van der Waals surface area contributed by atoms with Crippen LogP contribution in [0.2, 0.25) is 38.3 Å². The minimum atomic E-state index is -1.87. The van der Waals surface area contributed by atoms with Crippen LogP contribution in [-0.2, 0) is 23.2 Å². The summed E-state index contributed by atoms with van der Waals surface area (Å²) in [6.07, 6.45) is 4.40. The van der Waals surface area contributed by atoms with Crippen LogP contribution in [0, 0.1) is 23.7 Å². The molecule has 7 nitrogen and oxygen atoms in total. The van der Waals surface area contributed by atoms with Crippen molar-refractivity contribution in [1.82, 2.24) is 10.6 Å². The van der Waals surface area contributed by atoms with Crippen molar-refractivity contribution in [1.29, 1.82) is 0 Å². The molecular weight excluding hydrogens is 499 g/mol. The van der Waals surface area contributed by atoms with Crippen molar-refractivity contribution in [3.8, 4) is 11.9 Å². The Hall–Kier alpha value is -1.28. The van der Waals surface area contributed by atoms with E-state index in [0.717, 1.165) is 44.2 Å². The van der Waals surface area contributed by atoms with E-state index in [4.69, 9.17) is 21.4 Å². The zero-order valence-electron chi connectivity index (χ0n) is 25.0. The van der Waals surface area contributed by atoms with Gasteiger partial charge in [0.15, 0.2) is 24.5 Å². The molecule has 0 saturated heterocycles. The Morgan fingerprint density at radius 3 is 1.81 bits per heavy atom. The Balaban J connectivity index is 4.17. The van der Waals surface area contributed by atoms with Crippen LogP contribution in [0.25, 0.3) is 0 Å². The third kappa shape index (κ3) is 18.6. The summed E-state index contributed by atoms with van der Waals surface area (Å²) >= 11 is 0. The first-order valence-electron chi connectivity index (χ1n) is 14.0. The second kappa shape index (κ2) is 18.9. The summed E-state index contributed by atoms with van der Waals surface area (Å²) in [5, 5.41) is 6.46. The average Bonchev–Trinajstić information content (AvgIpc) is 2.83. The highest BCUT2D eigenvalue weighted by Crippen LogP contribution is 2.24. The summed E-state index contributed by atoms with van der Waals surface area (Å²) < 4.78 is 17.6. The van der Waals surface area contributed by atoms with Crippen LogP contribution >= 0.6 is 0 Å². The topological polar surface area (TPSA) is 85.9 Å². The third-order valence-corrected chi connectivity index (χ3v) is 14.0. The molecule has 0 aromatic heterocycles. The van der Waals surface area contributed by atoms with Crippen LogP contribution in [-0.4, -0.2) is 68.3 Å². The number of nitrogens with one attached hydrogen (secondary N) is 2. The van der Waals surface area contributed by atoms with Gasteiger partial charge < -0.3 is 24.2 Å². The first-order valence-corrected chi connectivity index (χ1v) is 20.2. The molecule has 4 atom stereocenters. The molecule has 0 aliphatic rings. The third-order valence-electron chi connectivity index (χ3n) is 6.50. The van der Waals surface area contributed by atoms with Crippen molar-refractivity contribution in [2.24, 2.45) is 11.8 Å². The molecule has 2 N–H and O–H groups in total. The Morgan fingerprint density at radius 1 is 0.838 bits per heavy atom. The highest BCUT2D eigenvalue weighted by molar-refractivity contribution is 6.84. The van der Waals surface area contributed by atoms with Gasteiger partial charge in [0.25, 0.3) is 0 Å². The van der Waals surface area contributed by atoms with E-state index in [2.05, 4.69) is 62.5 Å². The molecule has 0 amide bonds. The van der Waals surface area contributed by atoms with E-state index in [0.29, 0.717) is 25.8 Å². The van der Waals surface area contributed by atoms with E-state index in [9.17, 15) is 9.59 Å². The van der Waals surface area contributed by atoms with Crippen LogP contribution in [0.15, 0.2) is 0 Å². The first kappa shape index (κ1) is 35.7. The fourth-order valence-corrected chi connectivity index (χ4v) is 12.7. The minimum absolute atomic E-state index is 0.0378. The van der Waals surface area contributed by atoms with Crippen LogP contribution in [0.5, 0.6) is 0 Å². The lowest BCUT2D eigenvalue weighted by Crippen LogP contribution is -2.44. The summed E-state index contributed by atoms with van der Waals surface area (Å²) in [5.74, 6) is 1.86. The summed E-state index contributed by atoms with van der Waals surface area (Å²) in [5.41, 5.74) is 0. The van der Waals surface area contributed by atoms with Crippen LogP contribution in [0.3, 0.4) is 0 Å². The van der Waals surface area contributed by atoms with Crippen LogP contribution in [0.1, 0.15) is 66.7 Å². The number of hydrogen-bond donors (Lipinski definition) is 2. The molecule has 0 aliphatic heterocycles. The van der Waals surface area contributed by atoms with Gasteiger partial charge in [-0.1, -0.05) is 20.8 Å².